The Hall–Kier alpha value is -1.75. The minimum absolute atomic E-state index is 0.134. The van der Waals surface area contributed by atoms with Crippen molar-refractivity contribution in [2.75, 3.05) is 32.6 Å². The van der Waals surface area contributed by atoms with Crippen molar-refractivity contribution in [1.82, 2.24) is 5.32 Å². The van der Waals surface area contributed by atoms with Gasteiger partial charge in [0.2, 0.25) is 0 Å². The maximum absolute atomic E-state index is 11.8. The Labute approximate surface area is 114 Å². The van der Waals surface area contributed by atoms with E-state index >= 15 is 0 Å². The summed E-state index contributed by atoms with van der Waals surface area (Å²) >= 11 is 0. The molecule has 0 unspecified atom stereocenters. The van der Waals surface area contributed by atoms with Gasteiger partial charge in [-0.25, -0.2) is 0 Å². The van der Waals surface area contributed by atoms with Gasteiger partial charge < -0.3 is 20.5 Å². The molecular weight excluding hydrogens is 244 g/mol. The molecule has 1 amide bonds. The molecule has 0 aliphatic carbocycles. The van der Waals surface area contributed by atoms with E-state index in [9.17, 15) is 4.79 Å². The van der Waals surface area contributed by atoms with Crippen LogP contribution < -0.4 is 15.8 Å². The number of nitrogens with two attached hydrogens (primary N) is 1. The minimum Gasteiger partial charge on any atom is -0.495 e. The van der Waals surface area contributed by atoms with Crippen LogP contribution in [0.2, 0.25) is 0 Å². The molecule has 5 heteroatoms. The van der Waals surface area contributed by atoms with E-state index in [-0.39, 0.29) is 5.91 Å². The number of ether oxygens (including phenoxy) is 2. The summed E-state index contributed by atoms with van der Waals surface area (Å²) in [5.74, 6) is 0.439. The summed E-state index contributed by atoms with van der Waals surface area (Å²) in [6.45, 7) is 4.09. The van der Waals surface area contributed by atoms with Crippen molar-refractivity contribution in [3.8, 4) is 5.75 Å². The lowest BCUT2D eigenvalue weighted by Crippen LogP contribution is -2.25. The summed E-state index contributed by atoms with van der Waals surface area (Å²) in [6.07, 6.45) is 1.81. The van der Waals surface area contributed by atoms with Crippen LogP contribution in [0, 0.1) is 0 Å². The van der Waals surface area contributed by atoms with E-state index in [0.717, 1.165) is 19.4 Å². The first-order chi connectivity index (χ1) is 9.19. The van der Waals surface area contributed by atoms with Crippen molar-refractivity contribution in [1.29, 1.82) is 0 Å². The molecule has 0 fully saturated rings. The molecule has 0 atom stereocenters. The third kappa shape index (κ3) is 5.18. The Morgan fingerprint density at radius 2 is 2.16 bits per heavy atom. The average molecular weight is 266 g/mol. The van der Waals surface area contributed by atoms with Crippen LogP contribution in [-0.2, 0) is 4.74 Å². The molecule has 106 valence electrons. The van der Waals surface area contributed by atoms with Crippen LogP contribution in [0.15, 0.2) is 18.2 Å². The molecule has 0 spiro atoms. The number of carbonyl (C=O) groups excluding carboxylic acids is 1. The monoisotopic (exact) mass is 266 g/mol. The van der Waals surface area contributed by atoms with Gasteiger partial charge in [0.15, 0.2) is 0 Å². The van der Waals surface area contributed by atoms with Gasteiger partial charge in [-0.15, -0.1) is 0 Å². The highest BCUT2D eigenvalue weighted by molar-refractivity contribution is 5.95. The molecule has 3 N–H and O–H groups in total. The van der Waals surface area contributed by atoms with Crippen molar-refractivity contribution in [3.05, 3.63) is 23.8 Å². The lowest BCUT2D eigenvalue weighted by Gasteiger charge is -2.08. The summed E-state index contributed by atoms with van der Waals surface area (Å²) in [7, 11) is 1.54. The van der Waals surface area contributed by atoms with Crippen molar-refractivity contribution in [2.24, 2.45) is 0 Å². The Morgan fingerprint density at radius 3 is 2.79 bits per heavy atom. The fraction of sp³-hybridized carbons (Fsp3) is 0.500. The maximum atomic E-state index is 11.8. The van der Waals surface area contributed by atoms with E-state index in [1.807, 2.05) is 0 Å². The van der Waals surface area contributed by atoms with Gasteiger partial charge >= 0.3 is 0 Å². The number of carbonyl (C=O) groups is 1. The van der Waals surface area contributed by atoms with E-state index in [0.29, 0.717) is 30.2 Å². The first-order valence-corrected chi connectivity index (χ1v) is 6.48. The van der Waals surface area contributed by atoms with Gasteiger partial charge in [-0.05, 0) is 31.0 Å². The van der Waals surface area contributed by atoms with Gasteiger partial charge in [0, 0.05) is 25.3 Å². The van der Waals surface area contributed by atoms with Crippen molar-refractivity contribution < 1.29 is 14.3 Å². The first-order valence-electron chi connectivity index (χ1n) is 6.48. The normalized spacial score (nSPS) is 10.2. The van der Waals surface area contributed by atoms with E-state index in [2.05, 4.69) is 12.2 Å². The molecule has 1 rings (SSSR count). The van der Waals surface area contributed by atoms with E-state index < -0.39 is 0 Å². The molecule has 0 aliphatic heterocycles. The molecule has 0 aromatic heterocycles. The summed E-state index contributed by atoms with van der Waals surface area (Å²) in [6, 6.07) is 4.99. The van der Waals surface area contributed by atoms with Crippen LogP contribution in [0.1, 0.15) is 30.1 Å². The van der Waals surface area contributed by atoms with Crippen LogP contribution in [0.25, 0.3) is 0 Å². The predicted molar refractivity (Wildman–Crippen MR) is 75.5 cm³/mol. The highest BCUT2D eigenvalue weighted by Gasteiger charge is 2.07. The molecule has 0 saturated heterocycles. The quantitative estimate of drug-likeness (QED) is 0.556. The van der Waals surface area contributed by atoms with Gasteiger partial charge in [0.05, 0.1) is 12.8 Å². The lowest BCUT2D eigenvalue weighted by molar-refractivity contribution is 0.0941. The molecule has 5 nitrogen and oxygen atoms in total. The maximum Gasteiger partial charge on any atom is 0.251 e. The third-order valence-electron chi connectivity index (χ3n) is 2.59. The molecular formula is C14H22N2O3. The average Bonchev–Trinajstić information content (AvgIpc) is 2.42. The standard InChI is InChI=1S/C14H22N2O3/c1-3-8-19-9-4-7-16-14(17)11-5-6-13(18-2)12(15)10-11/h5-6,10H,3-4,7-9,15H2,1-2H3,(H,16,17). The molecule has 0 heterocycles. The zero-order valence-electron chi connectivity index (χ0n) is 11.6. The van der Waals surface area contributed by atoms with Gasteiger partial charge in [-0.2, -0.15) is 0 Å². The number of nitrogens with one attached hydrogen (secondary N) is 1. The van der Waals surface area contributed by atoms with Gasteiger partial charge in [0.25, 0.3) is 5.91 Å². The number of hydrogen-bond acceptors (Lipinski definition) is 4. The van der Waals surface area contributed by atoms with Crippen molar-refractivity contribution in [2.45, 2.75) is 19.8 Å². The Morgan fingerprint density at radius 1 is 1.37 bits per heavy atom. The van der Waals surface area contributed by atoms with E-state index in [1.54, 1.807) is 25.3 Å². The number of amides is 1. The molecule has 0 saturated carbocycles. The topological polar surface area (TPSA) is 73.6 Å². The van der Waals surface area contributed by atoms with Gasteiger partial charge in [-0.3, -0.25) is 4.79 Å². The van der Waals surface area contributed by atoms with Crippen LogP contribution in [-0.4, -0.2) is 32.8 Å². The molecule has 0 aliphatic rings. The molecule has 0 bridgehead atoms. The second-order valence-corrected chi connectivity index (χ2v) is 4.18. The van der Waals surface area contributed by atoms with E-state index in [4.69, 9.17) is 15.2 Å². The highest BCUT2D eigenvalue weighted by Crippen LogP contribution is 2.21. The Bertz CT molecular complexity index is 408. The number of rotatable bonds is 8. The summed E-state index contributed by atoms with van der Waals surface area (Å²) < 4.78 is 10.4. The summed E-state index contributed by atoms with van der Waals surface area (Å²) in [5, 5.41) is 2.83. The van der Waals surface area contributed by atoms with Gasteiger partial charge in [0.1, 0.15) is 5.75 Å². The predicted octanol–water partition coefficient (Wildman–Crippen LogP) is 1.82. The van der Waals surface area contributed by atoms with E-state index in [1.165, 1.54) is 0 Å². The molecule has 19 heavy (non-hydrogen) atoms. The smallest absolute Gasteiger partial charge is 0.251 e. The van der Waals surface area contributed by atoms with Crippen LogP contribution >= 0.6 is 0 Å². The Kier molecular flexibility index (Phi) is 6.74. The molecule has 1 aromatic carbocycles. The largest absolute Gasteiger partial charge is 0.495 e. The number of anilines is 1. The minimum atomic E-state index is -0.134. The zero-order valence-corrected chi connectivity index (χ0v) is 11.6. The number of nitrogen functional groups attached to an aromatic ring is 1. The summed E-state index contributed by atoms with van der Waals surface area (Å²) in [5.41, 5.74) is 6.75. The number of benzene rings is 1. The second-order valence-electron chi connectivity index (χ2n) is 4.18. The second kappa shape index (κ2) is 8.37. The zero-order chi connectivity index (χ0) is 14.1. The third-order valence-corrected chi connectivity index (χ3v) is 2.59. The lowest BCUT2D eigenvalue weighted by atomic mass is 10.1. The number of hydrogen-bond donors (Lipinski definition) is 2. The number of methoxy groups -OCH3 is 1. The fourth-order valence-electron chi connectivity index (χ4n) is 1.60. The molecule has 1 aromatic rings. The highest BCUT2D eigenvalue weighted by atomic mass is 16.5. The molecule has 0 radical (unpaired) electrons. The Balaban J connectivity index is 2.35. The van der Waals surface area contributed by atoms with Crippen LogP contribution in [0.3, 0.4) is 0 Å². The SMILES string of the molecule is CCCOCCCNC(=O)c1ccc(OC)c(N)c1. The first kappa shape index (κ1) is 15.3. The van der Waals surface area contributed by atoms with Crippen LogP contribution in [0.4, 0.5) is 5.69 Å². The fourth-order valence-corrected chi connectivity index (χ4v) is 1.60. The van der Waals surface area contributed by atoms with Crippen LogP contribution in [0.5, 0.6) is 5.75 Å². The van der Waals surface area contributed by atoms with Gasteiger partial charge in [-0.1, -0.05) is 6.92 Å². The van der Waals surface area contributed by atoms with Crippen molar-refractivity contribution in [3.63, 3.8) is 0 Å². The van der Waals surface area contributed by atoms with Crippen molar-refractivity contribution >= 4 is 11.6 Å². The summed E-state index contributed by atoms with van der Waals surface area (Å²) in [4.78, 5) is 11.8.